The summed E-state index contributed by atoms with van der Waals surface area (Å²) in [6.45, 7) is 0.985. The van der Waals surface area contributed by atoms with E-state index in [2.05, 4.69) is 0 Å². The summed E-state index contributed by atoms with van der Waals surface area (Å²) in [7, 11) is -1.97. The van der Waals surface area contributed by atoms with Gasteiger partial charge >= 0.3 is 0 Å². The monoisotopic (exact) mass is 353 g/mol. The number of hydrogen-bond acceptors (Lipinski definition) is 5. The van der Waals surface area contributed by atoms with Crippen molar-refractivity contribution in [1.29, 1.82) is 0 Å². The van der Waals surface area contributed by atoms with Gasteiger partial charge in [-0.25, -0.2) is 8.42 Å². The lowest BCUT2D eigenvalue weighted by atomic mass is 10.2. The van der Waals surface area contributed by atoms with Crippen molar-refractivity contribution in [1.82, 2.24) is 4.31 Å². The molecule has 1 atom stereocenters. The maximum absolute atomic E-state index is 12.8. The highest BCUT2D eigenvalue weighted by Gasteiger charge is 2.29. The normalized spacial score (nSPS) is 20.1. The van der Waals surface area contributed by atoms with Crippen LogP contribution < -0.4 is 4.74 Å². The van der Waals surface area contributed by atoms with Crippen molar-refractivity contribution in [2.75, 3.05) is 26.0 Å². The van der Waals surface area contributed by atoms with Gasteiger partial charge < -0.3 is 9.15 Å². The average molecular weight is 353 g/mol. The molecule has 23 heavy (non-hydrogen) atoms. The van der Waals surface area contributed by atoms with E-state index >= 15 is 0 Å². The highest BCUT2D eigenvalue weighted by Crippen LogP contribution is 2.35. The molecule has 0 saturated carbocycles. The van der Waals surface area contributed by atoms with Crippen LogP contribution in [0.1, 0.15) is 17.4 Å². The van der Waals surface area contributed by atoms with Gasteiger partial charge in [-0.15, -0.1) is 11.8 Å². The number of rotatable bonds is 4. The zero-order chi connectivity index (χ0) is 16.3. The lowest BCUT2D eigenvalue weighted by Gasteiger charge is -2.20. The van der Waals surface area contributed by atoms with Crippen LogP contribution in [0, 0.1) is 0 Å². The fourth-order valence-electron chi connectivity index (χ4n) is 2.60. The Labute approximate surface area is 140 Å². The quantitative estimate of drug-likeness (QED) is 0.845. The Kier molecular flexibility index (Phi) is 4.99. The van der Waals surface area contributed by atoms with Gasteiger partial charge in [0.15, 0.2) is 0 Å². The van der Waals surface area contributed by atoms with Crippen LogP contribution in [-0.4, -0.2) is 38.7 Å². The van der Waals surface area contributed by atoms with Crippen molar-refractivity contribution >= 4 is 21.8 Å². The molecule has 3 rings (SSSR count). The average Bonchev–Trinajstić information content (AvgIpc) is 2.99. The van der Waals surface area contributed by atoms with Gasteiger partial charge in [0.05, 0.1) is 23.5 Å². The summed E-state index contributed by atoms with van der Waals surface area (Å²) in [4.78, 5) is 0.276. The molecule has 7 heteroatoms. The first-order chi connectivity index (χ1) is 11.1. The summed E-state index contributed by atoms with van der Waals surface area (Å²) in [6.07, 6.45) is 2.40. The van der Waals surface area contributed by atoms with Crippen LogP contribution in [0.2, 0.25) is 0 Å². The van der Waals surface area contributed by atoms with Crippen molar-refractivity contribution in [2.45, 2.75) is 16.6 Å². The van der Waals surface area contributed by atoms with Crippen LogP contribution in [0.5, 0.6) is 5.75 Å². The van der Waals surface area contributed by atoms with E-state index in [0.717, 1.165) is 17.9 Å². The van der Waals surface area contributed by atoms with E-state index in [0.29, 0.717) is 18.8 Å². The largest absolute Gasteiger partial charge is 0.497 e. The molecule has 0 radical (unpaired) electrons. The fraction of sp³-hybridized carbons (Fsp3) is 0.375. The summed E-state index contributed by atoms with van der Waals surface area (Å²) >= 11 is 1.74. The van der Waals surface area contributed by atoms with Crippen LogP contribution in [0.4, 0.5) is 0 Å². The molecule has 0 bridgehead atoms. The highest BCUT2D eigenvalue weighted by atomic mass is 32.2. The predicted octanol–water partition coefficient (Wildman–Crippen LogP) is 3.16. The minimum absolute atomic E-state index is 0.204. The molecule has 0 spiro atoms. The third-order valence-electron chi connectivity index (χ3n) is 3.84. The zero-order valence-electron chi connectivity index (χ0n) is 12.8. The first-order valence-corrected chi connectivity index (χ1v) is 9.89. The molecule has 1 aliphatic rings. The van der Waals surface area contributed by atoms with Gasteiger partial charge in [-0.3, -0.25) is 0 Å². The number of thioether (sulfide) groups is 1. The zero-order valence-corrected chi connectivity index (χ0v) is 14.5. The molecule has 1 aromatic heterocycles. The van der Waals surface area contributed by atoms with Crippen molar-refractivity contribution in [2.24, 2.45) is 0 Å². The molecule has 1 fully saturated rings. The molecule has 0 N–H and O–H groups in total. The smallest absolute Gasteiger partial charge is 0.243 e. The third-order valence-corrected chi connectivity index (χ3v) is 7.02. The van der Waals surface area contributed by atoms with E-state index in [1.807, 2.05) is 12.1 Å². The standard InChI is InChI=1S/C16H19NO4S2/c1-20-13-4-2-5-14(12-13)23(18,19)17-8-7-16(22-11-9-17)15-6-3-10-21-15/h2-6,10,12,16H,7-9,11H2,1H3. The van der Waals surface area contributed by atoms with Crippen molar-refractivity contribution in [3.8, 4) is 5.75 Å². The van der Waals surface area contributed by atoms with Crippen LogP contribution in [0.3, 0.4) is 0 Å². The predicted molar refractivity (Wildman–Crippen MR) is 90.3 cm³/mol. The maximum Gasteiger partial charge on any atom is 0.243 e. The Morgan fingerprint density at radius 1 is 1.26 bits per heavy atom. The van der Waals surface area contributed by atoms with Gasteiger partial charge in [0.2, 0.25) is 10.0 Å². The molecule has 2 aromatic rings. The van der Waals surface area contributed by atoms with E-state index in [4.69, 9.17) is 9.15 Å². The third kappa shape index (κ3) is 3.57. The Morgan fingerprint density at radius 2 is 2.13 bits per heavy atom. The molecular weight excluding hydrogens is 334 g/mol. The Bertz CT molecular complexity index is 743. The topological polar surface area (TPSA) is 59.8 Å². The summed E-state index contributed by atoms with van der Waals surface area (Å²) in [5.74, 6) is 2.20. The molecule has 5 nitrogen and oxygen atoms in total. The molecule has 0 amide bonds. The number of hydrogen-bond donors (Lipinski definition) is 0. The van der Waals surface area contributed by atoms with Gasteiger partial charge in [-0.2, -0.15) is 4.31 Å². The molecule has 124 valence electrons. The Balaban J connectivity index is 1.78. The van der Waals surface area contributed by atoms with Crippen molar-refractivity contribution < 1.29 is 17.6 Å². The number of ether oxygens (including phenoxy) is 1. The molecule has 0 aliphatic carbocycles. The van der Waals surface area contributed by atoms with Gasteiger partial charge in [0.25, 0.3) is 0 Å². The van der Waals surface area contributed by atoms with Crippen LogP contribution in [-0.2, 0) is 10.0 Å². The molecule has 1 aromatic carbocycles. The maximum atomic E-state index is 12.8. The molecule has 1 aliphatic heterocycles. The van der Waals surface area contributed by atoms with Crippen molar-refractivity contribution in [3.05, 3.63) is 48.4 Å². The number of furan rings is 1. The molecular formula is C16H19NO4S2. The minimum atomic E-state index is -3.50. The van der Waals surface area contributed by atoms with Gasteiger partial charge in [-0.05, 0) is 30.7 Å². The summed E-state index contributed by atoms with van der Waals surface area (Å²) < 4.78 is 37.8. The SMILES string of the molecule is COc1cccc(S(=O)(=O)N2CCSC(c3ccco3)CC2)c1. The van der Waals surface area contributed by atoms with E-state index in [-0.39, 0.29) is 10.1 Å². The van der Waals surface area contributed by atoms with Crippen LogP contribution >= 0.6 is 11.8 Å². The second-order valence-electron chi connectivity index (χ2n) is 5.25. The van der Waals surface area contributed by atoms with Gasteiger partial charge in [-0.1, -0.05) is 6.07 Å². The fourth-order valence-corrected chi connectivity index (χ4v) is 5.39. The van der Waals surface area contributed by atoms with Crippen LogP contribution in [0.15, 0.2) is 52.0 Å². The Hall–Kier alpha value is -1.44. The van der Waals surface area contributed by atoms with E-state index in [1.54, 1.807) is 46.6 Å². The first-order valence-electron chi connectivity index (χ1n) is 7.40. The second kappa shape index (κ2) is 6.98. The highest BCUT2D eigenvalue weighted by molar-refractivity contribution is 7.99. The van der Waals surface area contributed by atoms with Crippen molar-refractivity contribution in [3.63, 3.8) is 0 Å². The second-order valence-corrected chi connectivity index (χ2v) is 8.50. The van der Waals surface area contributed by atoms with E-state index in [9.17, 15) is 8.42 Å². The molecule has 2 heterocycles. The summed E-state index contributed by atoms with van der Waals surface area (Å²) in [5, 5.41) is 0.204. The Morgan fingerprint density at radius 3 is 2.87 bits per heavy atom. The molecule has 1 unspecified atom stereocenters. The lowest BCUT2D eigenvalue weighted by molar-refractivity contribution is 0.408. The van der Waals surface area contributed by atoms with Crippen LogP contribution in [0.25, 0.3) is 0 Å². The first kappa shape index (κ1) is 16.4. The summed E-state index contributed by atoms with van der Waals surface area (Å²) in [5.41, 5.74) is 0. The van der Waals surface area contributed by atoms with Gasteiger partial charge in [0.1, 0.15) is 11.5 Å². The minimum Gasteiger partial charge on any atom is -0.497 e. The number of sulfonamides is 1. The van der Waals surface area contributed by atoms with E-state index < -0.39 is 10.0 Å². The molecule has 1 saturated heterocycles. The van der Waals surface area contributed by atoms with Gasteiger partial charge in [0, 0.05) is 24.9 Å². The summed E-state index contributed by atoms with van der Waals surface area (Å²) in [6, 6.07) is 10.4. The van der Waals surface area contributed by atoms with E-state index in [1.165, 1.54) is 7.11 Å². The lowest BCUT2D eigenvalue weighted by Crippen LogP contribution is -2.33. The number of benzene rings is 1. The number of nitrogens with zero attached hydrogens (tertiary/aromatic N) is 1. The number of methoxy groups -OCH3 is 1.